The highest BCUT2D eigenvalue weighted by molar-refractivity contribution is 5.66. The molecule has 0 spiro atoms. The topological polar surface area (TPSA) is 36.9 Å². The van der Waals surface area contributed by atoms with Crippen LogP contribution in [0.3, 0.4) is 0 Å². The average Bonchev–Trinajstić information content (AvgIpc) is 3.04. The van der Waals surface area contributed by atoms with E-state index in [0.717, 1.165) is 49.9 Å². The summed E-state index contributed by atoms with van der Waals surface area (Å²) >= 11 is 0. The summed E-state index contributed by atoms with van der Waals surface area (Å²) in [5.41, 5.74) is -2.17. The van der Waals surface area contributed by atoms with E-state index in [9.17, 15) is 17.6 Å². The second-order valence-corrected chi connectivity index (χ2v) is 11.8. The van der Waals surface area contributed by atoms with Gasteiger partial charge in [-0.15, -0.1) is 0 Å². The van der Waals surface area contributed by atoms with E-state index in [1.165, 1.54) is 12.1 Å². The van der Waals surface area contributed by atoms with Gasteiger partial charge in [-0.1, -0.05) is 44.4 Å². The summed E-state index contributed by atoms with van der Waals surface area (Å²) in [5, 5.41) is 0. The zero-order chi connectivity index (χ0) is 33.6. The van der Waals surface area contributed by atoms with Gasteiger partial charge in [0.15, 0.2) is 17.5 Å². The van der Waals surface area contributed by atoms with Crippen molar-refractivity contribution in [2.75, 3.05) is 19.8 Å². The van der Waals surface area contributed by atoms with Crippen LogP contribution in [0.15, 0.2) is 66.7 Å². The minimum Gasteiger partial charge on any atom is -0.429 e. The normalized spacial score (nSPS) is 20.9. The molecule has 0 aromatic heterocycles. The maximum absolute atomic E-state index is 15.3. The van der Waals surface area contributed by atoms with E-state index in [0.29, 0.717) is 50.2 Å². The lowest BCUT2D eigenvalue weighted by Gasteiger charge is -2.52. The lowest BCUT2D eigenvalue weighted by molar-refractivity contribution is -0.480. The molecular weight excluding hydrogens is 636 g/mol. The molecule has 2 bridgehead atoms. The van der Waals surface area contributed by atoms with Crippen LogP contribution in [-0.4, -0.2) is 19.8 Å². The summed E-state index contributed by atoms with van der Waals surface area (Å²) in [7, 11) is 0. The molecule has 3 aliphatic rings. The number of alkyl halides is 2. The fraction of sp³-hybridized carbons (Fsp3) is 0.314. The van der Waals surface area contributed by atoms with E-state index >= 15 is 17.6 Å². The maximum Gasteiger partial charge on any atom is 0.429 e. The molecule has 0 N–H and O–H groups in total. The zero-order valence-electron chi connectivity index (χ0n) is 25.0. The zero-order valence-corrected chi connectivity index (χ0v) is 25.0. The summed E-state index contributed by atoms with van der Waals surface area (Å²) in [6.45, 7) is 3.26. The molecule has 0 saturated carbocycles. The van der Waals surface area contributed by atoms with Crippen molar-refractivity contribution in [1.29, 1.82) is 0 Å². The van der Waals surface area contributed by atoms with Crippen LogP contribution in [0.5, 0.6) is 5.75 Å². The molecule has 248 valence electrons. The molecule has 7 rings (SSSR count). The number of halogens is 8. The lowest BCUT2D eigenvalue weighted by atomic mass is 9.82. The van der Waals surface area contributed by atoms with E-state index in [1.54, 1.807) is 0 Å². The van der Waals surface area contributed by atoms with Crippen molar-refractivity contribution in [2.24, 2.45) is 5.41 Å². The summed E-state index contributed by atoms with van der Waals surface area (Å²) in [6.07, 6.45) is -0.280. The van der Waals surface area contributed by atoms with E-state index in [-0.39, 0.29) is 27.7 Å². The second kappa shape index (κ2) is 12.6. The minimum atomic E-state index is -4.31. The van der Waals surface area contributed by atoms with Crippen molar-refractivity contribution < 1.29 is 54.1 Å². The van der Waals surface area contributed by atoms with Crippen LogP contribution in [0.2, 0.25) is 0 Å². The molecule has 0 atom stereocenters. The molecule has 4 aromatic rings. The Hall–Kier alpha value is -4.00. The van der Waals surface area contributed by atoms with Gasteiger partial charge in [0.2, 0.25) is 0 Å². The average molecular weight is 665 g/mol. The van der Waals surface area contributed by atoms with E-state index in [4.69, 9.17) is 14.2 Å². The third-order valence-corrected chi connectivity index (χ3v) is 8.41. The molecule has 3 saturated heterocycles. The highest BCUT2D eigenvalue weighted by Crippen LogP contribution is 2.47. The van der Waals surface area contributed by atoms with Crippen molar-refractivity contribution in [3.63, 3.8) is 0 Å². The molecule has 0 radical (unpaired) electrons. The molecule has 12 heteroatoms. The van der Waals surface area contributed by atoms with Crippen molar-refractivity contribution in [2.45, 2.75) is 44.7 Å². The first-order valence-electron chi connectivity index (χ1n) is 14.9. The van der Waals surface area contributed by atoms with Gasteiger partial charge in [-0.25, -0.2) is 26.3 Å². The molecule has 4 aromatic carbocycles. The van der Waals surface area contributed by atoms with Crippen LogP contribution >= 0.6 is 0 Å². The Morgan fingerprint density at radius 1 is 0.660 bits per heavy atom. The molecule has 3 heterocycles. The number of hydrogen-bond acceptors (Lipinski definition) is 4. The van der Waals surface area contributed by atoms with E-state index in [2.05, 4.69) is 11.7 Å². The van der Waals surface area contributed by atoms with Gasteiger partial charge in [0.25, 0.3) is 0 Å². The van der Waals surface area contributed by atoms with Gasteiger partial charge in [0, 0.05) is 28.2 Å². The van der Waals surface area contributed by atoms with Crippen LogP contribution in [0, 0.1) is 40.3 Å². The molecule has 4 nitrogen and oxygen atoms in total. The first kappa shape index (κ1) is 32.9. The quantitative estimate of drug-likeness (QED) is 0.0962. The van der Waals surface area contributed by atoms with Gasteiger partial charge < -0.3 is 18.9 Å². The van der Waals surface area contributed by atoms with Crippen LogP contribution < -0.4 is 4.74 Å². The fourth-order valence-electron chi connectivity index (χ4n) is 5.78. The molecular formula is C35H28F8O4. The van der Waals surface area contributed by atoms with Gasteiger partial charge >= 0.3 is 12.1 Å². The Bertz CT molecular complexity index is 1760. The number of unbranched alkanes of at least 4 members (excludes halogenated alkanes) is 2. The Labute approximate surface area is 264 Å². The van der Waals surface area contributed by atoms with E-state index < -0.39 is 63.9 Å². The number of ether oxygens (including phenoxy) is 4. The fourth-order valence-corrected chi connectivity index (χ4v) is 5.78. The third kappa shape index (κ3) is 6.33. The summed E-state index contributed by atoms with van der Waals surface area (Å²) in [4.78, 5) is 0. The van der Waals surface area contributed by atoms with Crippen LogP contribution in [-0.2, 0) is 26.3 Å². The van der Waals surface area contributed by atoms with Crippen LogP contribution in [0.25, 0.3) is 22.3 Å². The first-order valence-corrected chi connectivity index (χ1v) is 14.9. The highest BCUT2D eigenvalue weighted by Gasteiger charge is 2.53. The summed E-state index contributed by atoms with van der Waals surface area (Å²) < 4.78 is 138. The van der Waals surface area contributed by atoms with Crippen molar-refractivity contribution in [3.8, 4) is 28.0 Å². The van der Waals surface area contributed by atoms with Gasteiger partial charge in [-0.05, 0) is 60.0 Å². The number of hydrogen-bond donors (Lipinski definition) is 0. The number of fused-ring (bicyclic) bond motifs is 3. The molecule has 47 heavy (non-hydrogen) atoms. The Balaban J connectivity index is 1.17. The van der Waals surface area contributed by atoms with Gasteiger partial charge in [-0.2, -0.15) is 8.78 Å². The van der Waals surface area contributed by atoms with Crippen LogP contribution in [0.1, 0.15) is 43.7 Å². The standard InChI is InChI=1S/C35H28F8O4/c1-2-3-4-11-33-17-44-35(45-18-33,46-19-33)22-6-8-24(27(36)15-22)20-5-10-26(29(38)12-20)34(42,43)47-23-7-9-25(28(37)16-23)21-13-30(39)32(41)31(40)14-21/h5-10,12-16H,2-4,11,17-19H2,1H3. The summed E-state index contributed by atoms with van der Waals surface area (Å²) in [6, 6.07) is 9.79. The van der Waals surface area contributed by atoms with E-state index in [1.807, 2.05) is 0 Å². The minimum absolute atomic E-state index is 0.0530. The maximum atomic E-state index is 15.3. The second-order valence-electron chi connectivity index (χ2n) is 11.8. The first-order chi connectivity index (χ1) is 22.4. The van der Waals surface area contributed by atoms with Gasteiger partial charge in [0.1, 0.15) is 23.2 Å². The molecule has 3 fully saturated rings. The number of rotatable bonds is 10. The Kier molecular flexibility index (Phi) is 8.79. The summed E-state index contributed by atoms with van der Waals surface area (Å²) in [5.74, 6) is -10.7. The third-order valence-electron chi connectivity index (χ3n) is 8.41. The SMILES string of the molecule is CCCCCC12COC(c3ccc(-c4ccc(C(F)(F)Oc5ccc(-c6cc(F)c(F)c(F)c6)c(F)c5)c(F)c4)c(F)c3)(OC1)OC2. The molecule has 0 aliphatic carbocycles. The van der Waals surface area contributed by atoms with Crippen molar-refractivity contribution in [3.05, 3.63) is 113 Å². The molecule has 0 unspecified atom stereocenters. The largest absolute Gasteiger partial charge is 0.429 e. The Morgan fingerprint density at radius 3 is 1.85 bits per heavy atom. The number of benzene rings is 4. The molecule has 3 aliphatic heterocycles. The predicted molar refractivity (Wildman–Crippen MR) is 154 cm³/mol. The highest BCUT2D eigenvalue weighted by atomic mass is 19.3. The van der Waals surface area contributed by atoms with Crippen molar-refractivity contribution >= 4 is 0 Å². The Morgan fingerprint density at radius 2 is 1.26 bits per heavy atom. The predicted octanol–water partition coefficient (Wildman–Crippen LogP) is 9.74. The van der Waals surface area contributed by atoms with Crippen molar-refractivity contribution in [1.82, 2.24) is 0 Å². The molecule has 0 amide bonds. The van der Waals surface area contributed by atoms with Gasteiger partial charge in [-0.3, -0.25) is 0 Å². The smallest absolute Gasteiger partial charge is 0.429 e. The monoisotopic (exact) mass is 664 g/mol. The lowest BCUT2D eigenvalue weighted by Crippen LogP contribution is -2.58. The van der Waals surface area contributed by atoms with Crippen LogP contribution in [0.4, 0.5) is 35.1 Å². The van der Waals surface area contributed by atoms with Gasteiger partial charge in [0.05, 0.1) is 25.4 Å².